The average Bonchev–Trinajstić information content (AvgIpc) is 3.18. The molecule has 1 aromatic heterocycles. The van der Waals surface area contributed by atoms with Crippen molar-refractivity contribution in [3.8, 4) is 5.75 Å². The van der Waals surface area contributed by atoms with Gasteiger partial charge in [-0.05, 0) is 45.7 Å². The van der Waals surface area contributed by atoms with Crippen LogP contribution in [0.5, 0.6) is 5.75 Å². The molecule has 0 saturated heterocycles. The number of carbonyl (C=O) groups excluding carboxylic acids is 2. The molecule has 4 rings (SSSR count). The Balaban J connectivity index is 1.52. The highest BCUT2D eigenvalue weighted by molar-refractivity contribution is 6.83. The first kappa shape index (κ1) is 22.6. The van der Waals surface area contributed by atoms with Gasteiger partial charge in [-0.2, -0.15) is 5.10 Å². The van der Waals surface area contributed by atoms with Crippen molar-refractivity contribution < 1.29 is 14.3 Å². The topological polar surface area (TPSA) is 87.3 Å². The van der Waals surface area contributed by atoms with E-state index in [4.69, 9.17) is 4.74 Å². The highest BCUT2D eigenvalue weighted by atomic mass is 28.3. The van der Waals surface area contributed by atoms with Crippen LogP contribution in [0.1, 0.15) is 51.3 Å². The summed E-state index contributed by atoms with van der Waals surface area (Å²) in [6, 6.07) is 9.36. The van der Waals surface area contributed by atoms with E-state index in [1.165, 1.54) is 0 Å². The number of benzene rings is 1. The van der Waals surface area contributed by atoms with E-state index in [-0.39, 0.29) is 16.9 Å². The summed E-state index contributed by atoms with van der Waals surface area (Å²) in [7, 11) is -1.69. The van der Waals surface area contributed by atoms with Gasteiger partial charge in [0.25, 0.3) is 5.91 Å². The summed E-state index contributed by atoms with van der Waals surface area (Å²) in [5.41, 5.74) is 1.17. The first-order valence-electron chi connectivity index (χ1n) is 11.4. The molecule has 1 aliphatic heterocycles. The highest BCUT2D eigenvalue weighted by Crippen LogP contribution is 2.56. The Hall–Kier alpha value is -2.61. The summed E-state index contributed by atoms with van der Waals surface area (Å²) < 4.78 is 5.87. The van der Waals surface area contributed by atoms with Gasteiger partial charge in [0.1, 0.15) is 5.75 Å². The van der Waals surface area contributed by atoms with Gasteiger partial charge in [0.15, 0.2) is 11.9 Å². The molecule has 7 nitrogen and oxygen atoms in total. The predicted octanol–water partition coefficient (Wildman–Crippen LogP) is 4.66. The van der Waals surface area contributed by atoms with E-state index >= 15 is 0 Å². The molecular weight excluding hydrogens is 420 g/mol. The largest absolute Gasteiger partial charge is 0.481 e. The van der Waals surface area contributed by atoms with Crippen LogP contribution in [0, 0.1) is 0 Å². The lowest BCUT2D eigenvalue weighted by molar-refractivity contribution is -0.143. The van der Waals surface area contributed by atoms with Crippen molar-refractivity contribution >= 4 is 25.7 Å². The summed E-state index contributed by atoms with van der Waals surface area (Å²) in [6.45, 7) is 12.9. The smallest absolute Gasteiger partial charge is 0.264 e. The predicted molar refractivity (Wildman–Crippen MR) is 127 cm³/mol. The van der Waals surface area contributed by atoms with Gasteiger partial charge in [-0.1, -0.05) is 44.3 Å². The van der Waals surface area contributed by atoms with Gasteiger partial charge in [-0.25, -0.2) is 0 Å². The molecule has 2 aromatic rings. The maximum absolute atomic E-state index is 13.3. The van der Waals surface area contributed by atoms with E-state index in [9.17, 15) is 9.59 Å². The third-order valence-corrected chi connectivity index (χ3v) is 11.0. The molecule has 0 radical (unpaired) electrons. The van der Waals surface area contributed by atoms with Crippen molar-refractivity contribution in [2.24, 2.45) is 0 Å². The number of para-hydroxylation sites is 1. The van der Waals surface area contributed by atoms with Crippen LogP contribution in [-0.2, 0) is 21.7 Å². The molecule has 32 heavy (non-hydrogen) atoms. The van der Waals surface area contributed by atoms with Gasteiger partial charge in [-0.3, -0.25) is 14.7 Å². The van der Waals surface area contributed by atoms with Crippen molar-refractivity contribution in [2.75, 3.05) is 5.32 Å². The Morgan fingerprint density at radius 3 is 2.41 bits per heavy atom. The molecule has 2 aliphatic rings. The second kappa shape index (κ2) is 7.76. The molecule has 1 saturated carbocycles. The molecule has 1 unspecified atom stereocenters. The molecule has 1 fully saturated rings. The normalized spacial score (nSPS) is 19.6. The van der Waals surface area contributed by atoms with E-state index in [0.29, 0.717) is 18.1 Å². The number of nitrogens with one attached hydrogen (secondary N) is 2. The number of carbonyl (C=O) groups is 2. The second-order valence-electron chi connectivity index (χ2n) is 10.6. The number of ether oxygens (including phenoxy) is 1. The molecule has 0 bridgehead atoms. The number of aromatic nitrogens is 2. The summed E-state index contributed by atoms with van der Waals surface area (Å²) >= 11 is 0. The molecule has 1 atom stereocenters. The van der Waals surface area contributed by atoms with E-state index < -0.39 is 19.7 Å². The zero-order valence-electron chi connectivity index (χ0n) is 19.9. The van der Waals surface area contributed by atoms with Gasteiger partial charge >= 0.3 is 0 Å². The van der Waals surface area contributed by atoms with E-state index in [1.807, 2.05) is 44.2 Å². The standard InChI is InChI=1S/C24H34N4O3Si/c1-16(31-17-11-8-7-9-12-17)21(29)28-15-18-19(23(28,2)3)26-27-20(18)25-22(30)24(13-10-14-24)32(4,5)6/h7-9,11-12,16H,10,13-15H2,1-6H3,(H2,25,26,27,30). The Labute approximate surface area is 190 Å². The van der Waals surface area contributed by atoms with Crippen LogP contribution in [0.4, 0.5) is 5.82 Å². The van der Waals surface area contributed by atoms with Crippen molar-refractivity contribution in [3.05, 3.63) is 41.6 Å². The van der Waals surface area contributed by atoms with Crippen molar-refractivity contribution in [2.45, 2.75) is 82.9 Å². The molecule has 8 heteroatoms. The Bertz CT molecular complexity index is 1020. The monoisotopic (exact) mass is 454 g/mol. The number of H-pyrrole nitrogens is 1. The highest BCUT2D eigenvalue weighted by Gasteiger charge is 2.54. The van der Waals surface area contributed by atoms with Crippen LogP contribution in [0.3, 0.4) is 0 Å². The van der Waals surface area contributed by atoms with E-state index in [2.05, 4.69) is 35.2 Å². The van der Waals surface area contributed by atoms with Gasteiger partial charge in [-0.15, -0.1) is 0 Å². The number of amides is 2. The molecule has 0 spiro atoms. The number of hydrogen-bond acceptors (Lipinski definition) is 4. The summed E-state index contributed by atoms with van der Waals surface area (Å²) in [4.78, 5) is 28.4. The minimum atomic E-state index is -1.69. The van der Waals surface area contributed by atoms with Gasteiger partial charge in [0, 0.05) is 10.6 Å². The van der Waals surface area contributed by atoms with Crippen LogP contribution in [0.25, 0.3) is 0 Å². The van der Waals surface area contributed by atoms with Crippen molar-refractivity contribution in [1.82, 2.24) is 15.1 Å². The lowest BCUT2D eigenvalue weighted by Crippen LogP contribution is -2.52. The van der Waals surface area contributed by atoms with Crippen LogP contribution >= 0.6 is 0 Å². The summed E-state index contributed by atoms with van der Waals surface area (Å²) in [6.07, 6.45) is 2.37. The maximum Gasteiger partial charge on any atom is 0.264 e. The van der Waals surface area contributed by atoms with E-state index in [1.54, 1.807) is 11.8 Å². The molecule has 1 aliphatic carbocycles. The molecule has 2 N–H and O–H groups in total. The van der Waals surface area contributed by atoms with Gasteiger partial charge in [0.2, 0.25) is 5.91 Å². The van der Waals surface area contributed by atoms with Crippen LogP contribution in [-0.4, -0.2) is 41.1 Å². The molecular formula is C24H34N4O3Si. The van der Waals surface area contributed by atoms with Crippen LogP contribution in [0.15, 0.2) is 30.3 Å². The number of aromatic amines is 1. The number of rotatable bonds is 6. The number of hydrogen-bond donors (Lipinski definition) is 2. The number of fused-ring (bicyclic) bond motifs is 1. The fraction of sp³-hybridized carbons (Fsp3) is 0.542. The molecule has 2 heterocycles. The number of nitrogens with zero attached hydrogens (tertiary/aromatic N) is 2. The summed E-state index contributed by atoms with van der Waals surface area (Å²) in [5.74, 6) is 1.20. The lowest BCUT2D eigenvalue weighted by atomic mass is 9.83. The van der Waals surface area contributed by atoms with Gasteiger partial charge < -0.3 is 15.0 Å². The van der Waals surface area contributed by atoms with E-state index in [0.717, 1.165) is 30.5 Å². The van der Waals surface area contributed by atoms with Crippen LogP contribution < -0.4 is 10.1 Å². The minimum absolute atomic E-state index is 0.0839. The average molecular weight is 455 g/mol. The van der Waals surface area contributed by atoms with Crippen molar-refractivity contribution in [3.63, 3.8) is 0 Å². The van der Waals surface area contributed by atoms with Crippen molar-refractivity contribution in [1.29, 1.82) is 0 Å². The van der Waals surface area contributed by atoms with Crippen LogP contribution in [0.2, 0.25) is 24.7 Å². The third kappa shape index (κ3) is 3.54. The fourth-order valence-electron chi connectivity index (χ4n) is 5.02. The Morgan fingerprint density at radius 1 is 1.19 bits per heavy atom. The third-order valence-electron chi connectivity index (χ3n) is 7.45. The zero-order valence-corrected chi connectivity index (χ0v) is 20.9. The molecule has 2 amide bonds. The summed E-state index contributed by atoms with van der Waals surface area (Å²) in [5, 5.41) is 10.4. The maximum atomic E-state index is 13.3. The minimum Gasteiger partial charge on any atom is -0.481 e. The first-order chi connectivity index (χ1) is 15.0. The quantitative estimate of drug-likeness (QED) is 0.622. The Kier molecular flexibility index (Phi) is 5.47. The zero-order chi connectivity index (χ0) is 23.3. The second-order valence-corrected chi connectivity index (χ2v) is 16.1. The molecule has 1 aromatic carbocycles. The Morgan fingerprint density at radius 2 is 1.84 bits per heavy atom. The first-order valence-corrected chi connectivity index (χ1v) is 14.9. The SMILES string of the molecule is CC(Oc1ccccc1)C(=O)N1Cc2c(NC(=O)C3([Si](C)(C)C)CCC3)n[nH]c2C1(C)C. The van der Waals surface area contributed by atoms with Gasteiger partial charge in [0.05, 0.1) is 25.9 Å². The lowest BCUT2D eigenvalue weighted by Gasteiger charge is -2.48. The molecule has 172 valence electrons. The number of anilines is 1. The fourth-order valence-corrected chi connectivity index (χ4v) is 7.62.